The van der Waals surface area contributed by atoms with Crippen LogP contribution >= 0.6 is 23.1 Å². The van der Waals surface area contributed by atoms with E-state index in [9.17, 15) is 9.59 Å². The Kier molecular flexibility index (Phi) is 6.83. The van der Waals surface area contributed by atoms with Gasteiger partial charge in [-0.15, -0.1) is 10.2 Å². The number of hydrogen-bond donors (Lipinski definition) is 1. The van der Waals surface area contributed by atoms with E-state index in [1.54, 1.807) is 20.9 Å². The van der Waals surface area contributed by atoms with Gasteiger partial charge in [0, 0.05) is 25.3 Å². The highest BCUT2D eigenvalue weighted by molar-refractivity contribution is 8.00. The van der Waals surface area contributed by atoms with Gasteiger partial charge in [-0.3, -0.25) is 13.9 Å². The van der Waals surface area contributed by atoms with E-state index >= 15 is 0 Å². The Bertz CT molecular complexity index is 1230. The van der Waals surface area contributed by atoms with Crippen LogP contribution < -0.4 is 11.0 Å². The highest BCUT2D eigenvalue weighted by atomic mass is 32.2. The van der Waals surface area contributed by atoms with Gasteiger partial charge in [-0.25, -0.2) is 4.79 Å². The molecule has 2 heterocycles. The molecule has 31 heavy (non-hydrogen) atoms. The van der Waals surface area contributed by atoms with Crippen LogP contribution in [-0.4, -0.2) is 25.2 Å². The van der Waals surface area contributed by atoms with E-state index in [0.717, 1.165) is 27.5 Å². The highest BCUT2D eigenvalue weighted by Gasteiger charge is 2.14. The number of nitrogens with zero attached hydrogens (tertiary/aromatic N) is 4. The van der Waals surface area contributed by atoms with Gasteiger partial charge in [0.25, 0.3) is 0 Å². The second-order valence-corrected chi connectivity index (χ2v) is 9.22. The fourth-order valence-electron chi connectivity index (χ4n) is 3.36. The maximum Gasteiger partial charge on any atom is 0.329 e. The molecule has 4 aromatic rings. The number of aromatic nitrogens is 4. The first-order chi connectivity index (χ1) is 15.2. The van der Waals surface area contributed by atoms with Crippen LogP contribution in [-0.2, 0) is 23.6 Å². The Morgan fingerprint density at radius 2 is 1.68 bits per heavy atom. The molecule has 4 rings (SSSR count). The summed E-state index contributed by atoms with van der Waals surface area (Å²) in [7, 11) is 0. The van der Waals surface area contributed by atoms with Crippen molar-refractivity contribution < 1.29 is 4.79 Å². The van der Waals surface area contributed by atoms with Crippen molar-refractivity contribution in [2.45, 2.75) is 42.9 Å². The van der Waals surface area contributed by atoms with E-state index in [0.29, 0.717) is 18.2 Å². The number of benzene rings is 2. The lowest BCUT2D eigenvalue weighted by atomic mass is 10.2. The average Bonchev–Trinajstić information content (AvgIpc) is 3.34. The molecular weight excluding hydrogens is 430 g/mol. The number of anilines is 1. The van der Waals surface area contributed by atoms with Gasteiger partial charge in [0.15, 0.2) is 4.34 Å². The number of thioether (sulfide) groups is 1. The molecular formula is C22H23N5O2S2. The molecule has 0 bridgehead atoms. The standard InChI is InChI=1S/C22H23N5O2S2/c1-2-13-26-17-10-6-7-11-18(17)27(22(26)29)14-12-19(28)23-20-24-25-21(31-20)30-15-16-8-4-3-5-9-16/h3-11H,2,12-15H2,1H3,(H,23,24,28). The molecule has 160 valence electrons. The smallest absolute Gasteiger partial charge is 0.300 e. The first-order valence-corrected chi connectivity index (χ1v) is 11.9. The summed E-state index contributed by atoms with van der Waals surface area (Å²) in [6.07, 6.45) is 1.06. The molecule has 0 unspecified atom stereocenters. The number of hydrogen-bond acceptors (Lipinski definition) is 6. The van der Waals surface area contributed by atoms with Crippen LogP contribution in [0.2, 0.25) is 0 Å². The van der Waals surface area contributed by atoms with E-state index in [2.05, 4.69) is 27.6 Å². The summed E-state index contributed by atoms with van der Waals surface area (Å²) < 4.78 is 4.25. The Hall–Kier alpha value is -2.91. The van der Waals surface area contributed by atoms with E-state index < -0.39 is 0 Å². The number of aryl methyl sites for hydroxylation is 2. The van der Waals surface area contributed by atoms with Crippen LogP contribution in [0.1, 0.15) is 25.3 Å². The van der Waals surface area contributed by atoms with Gasteiger partial charge in [-0.2, -0.15) is 0 Å². The van der Waals surface area contributed by atoms with E-state index in [1.165, 1.54) is 16.9 Å². The molecule has 0 saturated heterocycles. The van der Waals surface area contributed by atoms with Gasteiger partial charge >= 0.3 is 5.69 Å². The van der Waals surface area contributed by atoms with Crippen molar-refractivity contribution in [3.05, 3.63) is 70.6 Å². The fraction of sp³-hybridized carbons (Fsp3) is 0.273. The number of rotatable bonds is 9. The molecule has 2 aromatic heterocycles. The minimum absolute atomic E-state index is 0.0774. The normalized spacial score (nSPS) is 11.1. The predicted octanol–water partition coefficient (Wildman–Crippen LogP) is 4.39. The Morgan fingerprint density at radius 1 is 1.00 bits per heavy atom. The number of carbonyl (C=O) groups excluding carboxylic acids is 1. The van der Waals surface area contributed by atoms with Crippen molar-refractivity contribution in [3.63, 3.8) is 0 Å². The van der Waals surface area contributed by atoms with Gasteiger partial charge in [0.2, 0.25) is 11.0 Å². The molecule has 0 saturated carbocycles. The number of fused-ring (bicyclic) bond motifs is 1. The third kappa shape index (κ3) is 5.05. The number of imidazole rings is 1. The van der Waals surface area contributed by atoms with Gasteiger partial charge in [-0.05, 0) is 24.1 Å². The van der Waals surface area contributed by atoms with Gasteiger partial charge in [0.1, 0.15) is 0 Å². The molecule has 7 nitrogen and oxygen atoms in total. The Balaban J connectivity index is 1.36. The zero-order valence-electron chi connectivity index (χ0n) is 17.2. The Morgan fingerprint density at radius 3 is 2.39 bits per heavy atom. The van der Waals surface area contributed by atoms with E-state index in [-0.39, 0.29) is 18.0 Å². The quantitative estimate of drug-likeness (QED) is 0.300. The molecule has 0 aliphatic rings. The lowest BCUT2D eigenvalue weighted by Gasteiger charge is -2.03. The third-order valence-corrected chi connectivity index (χ3v) is 6.84. The second-order valence-electron chi connectivity index (χ2n) is 7.02. The van der Waals surface area contributed by atoms with Crippen LogP contribution in [0.3, 0.4) is 0 Å². The molecule has 1 N–H and O–H groups in total. The van der Waals surface area contributed by atoms with Crippen molar-refractivity contribution in [2.75, 3.05) is 5.32 Å². The molecule has 0 spiro atoms. The summed E-state index contributed by atoms with van der Waals surface area (Å²) in [6.45, 7) is 3.02. The van der Waals surface area contributed by atoms with Crippen molar-refractivity contribution in [3.8, 4) is 0 Å². The largest absolute Gasteiger partial charge is 0.329 e. The summed E-state index contributed by atoms with van der Waals surface area (Å²) in [4.78, 5) is 25.3. The SMILES string of the molecule is CCCn1c(=O)n(CCC(=O)Nc2nnc(SCc3ccccc3)s2)c2ccccc21. The van der Waals surface area contributed by atoms with E-state index in [1.807, 2.05) is 49.4 Å². The van der Waals surface area contributed by atoms with Crippen molar-refractivity contribution in [1.29, 1.82) is 0 Å². The van der Waals surface area contributed by atoms with Crippen LogP contribution in [0.15, 0.2) is 63.7 Å². The maximum absolute atomic E-state index is 12.8. The lowest BCUT2D eigenvalue weighted by Crippen LogP contribution is -2.26. The van der Waals surface area contributed by atoms with Crippen LogP contribution in [0.4, 0.5) is 5.13 Å². The topological polar surface area (TPSA) is 81.8 Å². The molecule has 9 heteroatoms. The number of amides is 1. The van der Waals surface area contributed by atoms with Gasteiger partial charge in [-0.1, -0.05) is 72.5 Å². The molecule has 1 amide bonds. The van der Waals surface area contributed by atoms with Crippen molar-refractivity contribution in [1.82, 2.24) is 19.3 Å². The summed E-state index contributed by atoms with van der Waals surface area (Å²) >= 11 is 2.94. The van der Waals surface area contributed by atoms with Crippen LogP contribution in [0.25, 0.3) is 11.0 Å². The summed E-state index contributed by atoms with van der Waals surface area (Å²) in [5.41, 5.74) is 2.88. The minimum atomic E-state index is -0.185. The number of para-hydroxylation sites is 2. The second kappa shape index (κ2) is 9.93. The molecule has 0 radical (unpaired) electrons. The molecule has 0 atom stereocenters. The number of nitrogens with one attached hydrogen (secondary N) is 1. The summed E-state index contributed by atoms with van der Waals surface area (Å²) in [6, 6.07) is 17.8. The monoisotopic (exact) mass is 453 g/mol. The lowest BCUT2D eigenvalue weighted by molar-refractivity contribution is -0.116. The predicted molar refractivity (Wildman–Crippen MR) is 126 cm³/mol. The van der Waals surface area contributed by atoms with E-state index in [4.69, 9.17) is 0 Å². The average molecular weight is 454 g/mol. The number of carbonyl (C=O) groups is 1. The zero-order chi connectivity index (χ0) is 21.6. The molecule has 2 aromatic carbocycles. The van der Waals surface area contributed by atoms with Gasteiger partial charge < -0.3 is 5.32 Å². The zero-order valence-corrected chi connectivity index (χ0v) is 18.8. The molecule has 0 aliphatic heterocycles. The molecule has 0 aliphatic carbocycles. The summed E-state index contributed by atoms with van der Waals surface area (Å²) in [5.74, 6) is 0.615. The minimum Gasteiger partial charge on any atom is -0.300 e. The Labute approximate surface area is 188 Å². The fourth-order valence-corrected chi connectivity index (χ4v) is 5.09. The summed E-state index contributed by atoms with van der Waals surface area (Å²) in [5, 5.41) is 11.5. The van der Waals surface area contributed by atoms with Crippen LogP contribution in [0.5, 0.6) is 0 Å². The highest BCUT2D eigenvalue weighted by Crippen LogP contribution is 2.28. The van der Waals surface area contributed by atoms with Crippen molar-refractivity contribution in [2.24, 2.45) is 0 Å². The van der Waals surface area contributed by atoms with Crippen molar-refractivity contribution >= 4 is 45.2 Å². The van der Waals surface area contributed by atoms with Crippen LogP contribution in [0, 0.1) is 0 Å². The van der Waals surface area contributed by atoms with Gasteiger partial charge in [0.05, 0.1) is 11.0 Å². The maximum atomic E-state index is 12.8. The first kappa shape index (κ1) is 21.3. The third-order valence-electron chi connectivity index (χ3n) is 4.79. The molecule has 0 fully saturated rings. The first-order valence-electron chi connectivity index (χ1n) is 10.1.